The maximum Gasteiger partial charge on any atom is 0.306 e. The Morgan fingerprint density at radius 2 is 2.09 bits per heavy atom. The molecule has 11 nitrogen and oxygen atoms in total. The minimum absolute atomic E-state index is 0.0167. The molecule has 0 aliphatic heterocycles. The molecule has 1 saturated carbocycles. The molecule has 3 N–H and O–H groups in total. The van der Waals surface area contributed by atoms with Gasteiger partial charge in [0.25, 0.3) is 0 Å². The van der Waals surface area contributed by atoms with Crippen LogP contribution in [0, 0.1) is 18.8 Å². The molecule has 0 spiro atoms. The highest BCUT2D eigenvalue weighted by molar-refractivity contribution is 5.98. The number of aryl methyl sites for hydroxylation is 2. The van der Waals surface area contributed by atoms with Crippen molar-refractivity contribution in [3.05, 3.63) is 23.5 Å². The molecule has 1 fully saturated rings. The van der Waals surface area contributed by atoms with Crippen molar-refractivity contribution in [2.45, 2.75) is 71.8 Å². The first-order valence-corrected chi connectivity index (χ1v) is 11.9. The number of carboxylic acid groups (broad SMARTS) is 1. The number of amides is 1. The highest BCUT2D eigenvalue weighted by Gasteiger charge is 2.28. The van der Waals surface area contributed by atoms with Crippen LogP contribution in [0.1, 0.15) is 63.8 Å². The van der Waals surface area contributed by atoms with Crippen LogP contribution in [0.5, 0.6) is 5.75 Å². The normalized spacial score (nSPS) is 18.5. The van der Waals surface area contributed by atoms with Gasteiger partial charge in [-0.2, -0.15) is 0 Å². The molecule has 2 aromatic rings. The van der Waals surface area contributed by atoms with E-state index in [1.165, 1.54) is 4.68 Å². The summed E-state index contributed by atoms with van der Waals surface area (Å²) in [6.07, 6.45) is 3.86. The summed E-state index contributed by atoms with van der Waals surface area (Å²) in [4.78, 5) is 28.6. The number of ether oxygens (including phenoxy) is 1. The predicted octanol–water partition coefficient (Wildman–Crippen LogP) is 3.09. The molecule has 1 amide bonds. The Bertz CT molecular complexity index is 1080. The van der Waals surface area contributed by atoms with E-state index in [0.717, 1.165) is 19.3 Å². The second-order valence-corrected chi connectivity index (χ2v) is 9.43. The second-order valence-electron chi connectivity index (χ2n) is 9.43. The number of hydrogen-bond donors (Lipinski definition) is 3. The van der Waals surface area contributed by atoms with E-state index < -0.39 is 5.97 Å². The summed E-state index contributed by atoms with van der Waals surface area (Å²) in [6, 6.07) is 3.55. The number of oxime groups is 1. The minimum Gasteiger partial charge on any atom is -0.489 e. The van der Waals surface area contributed by atoms with Gasteiger partial charge in [0.15, 0.2) is 0 Å². The summed E-state index contributed by atoms with van der Waals surface area (Å²) in [6.45, 7) is 5.92. The van der Waals surface area contributed by atoms with Crippen molar-refractivity contribution >= 4 is 17.7 Å². The van der Waals surface area contributed by atoms with Crippen molar-refractivity contribution in [2.75, 3.05) is 0 Å². The maximum atomic E-state index is 12.6. The van der Waals surface area contributed by atoms with Gasteiger partial charge in [0, 0.05) is 13.5 Å². The third-order valence-corrected chi connectivity index (χ3v) is 6.18. The highest BCUT2D eigenvalue weighted by Crippen LogP contribution is 2.30. The fourth-order valence-corrected chi connectivity index (χ4v) is 4.15. The summed E-state index contributed by atoms with van der Waals surface area (Å²) < 4.78 is 7.61. The van der Waals surface area contributed by atoms with E-state index in [0.29, 0.717) is 53.7 Å². The van der Waals surface area contributed by atoms with Crippen LogP contribution in [0.25, 0.3) is 11.4 Å². The average molecular weight is 487 g/mol. The van der Waals surface area contributed by atoms with E-state index in [9.17, 15) is 19.9 Å². The molecule has 0 radical (unpaired) electrons. The van der Waals surface area contributed by atoms with Crippen LogP contribution in [0.3, 0.4) is 0 Å². The Labute approximate surface area is 204 Å². The molecular weight excluding hydrogens is 452 g/mol. The number of amidine groups is 1. The molecule has 2 unspecified atom stereocenters. The number of carbonyl (C=O) groups excluding carboxylic acids is 1. The number of carboxylic acids is 1. The Kier molecular flexibility index (Phi) is 8.78. The summed E-state index contributed by atoms with van der Waals surface area (Å²) in [5, 5.41) is 32.6. The van der Waals surface area contributed by atoms with Gasteiger partial charge >= 0.3 is 5.97 Å². The van der Waals surface area contributed by atoms with Crippen LogP contribution < -0.4 is 10.1 Å². The van der Waals surface area contributed by atoms with E-state index in [4.69, 9.17) is 4.74 Å². The van der Waals surface area contributed by atoms with E-state index in [2.05, 4.69) is 39.6 Å². The zero-order chi connectivity index (χ0) is 25.5. The number of nitrogens with zero attached hydrogens (tertiary/aromatic N) is 5. The Hall–Kier alpha value is -3.50. The zero-order valence-corrected chi connectivity index (χ0v) is 20.7. The van der Waals surface area contributed by atoms with Gasteiger partial charge in [-0.05, 0) is 57.1 Å². The molecule has 0 saturated heterocycles. The van der Waals surface area contributed by atoms with E-state index in [-0.39, 0.29) is 30.2 Å². The number of carbonyl (C=O) groups is 2. The number of hydrogen-bond acceptors (Lipinski definition) is 8. The zero-order valence-electron chi connectivity index (χ0n) is 20.7. The number of pyridine rings is 1. The lowest BCUT2D eigenvalue weighted by Gasteiger charge is -2.27. The van der Waals surface area contributed by atoms with Gasteiger partial charge in [0.2, 0.25) is 5.91 Å². The van der Waals surface area contributed by atoms with Gasteiger partial charge in [-0.3, -0.25) is 14.3 Å². The fraction of sp³-hybridized carbons (Fsp3) is 0.583. The molecule has 3 rings (SSSR count). The van der Waals surface area contributed by atoms with Crippen molar-refractivity contribution in [2.24, 2.45) is 24.0 Å². The van der Waals surface area contributed by atoms with Crippen LogP contribution in [0.15, 0.2) is 17.3 Å². The molecular formula is C24H34N6O5. The first-order valence-electron chi connectivity index (χ1n) is 11.9. The van der Waals surface area contributed by atoms with Gasteiger partial charge in [-0.1, -0.05) is 24.2 Å². The lowest BCUT2D eigenvalue weighted by molar-refractivity contribution is -0.143. The van der Waals surface area contributed by atoms with Crippen LogP contribution >= 0.6 is 0 Å². The Balaban J connectivity index is 1.70. The monoisotopic (exact) mass is 486 g/mol. The molecule has 2 heterocycles. The number of rotatable bonds is 9. The molecule has 11 heteroatoms. The van der Waals surface area contributed by atoms with Gasteiger partial charge in [-0.15, -0.1) is 5.10 Å². The third-order valence-electron chi connectivity index (χ3n) is 6.18. The summed E-state index contributed by atoms with van der Waals surface area (Å²) >= 11 is 0. The van der Waals surface area contributed by atoms with Crippen molar-refractivity contribution in [3.8, 4) is 17.1 Å². The molecule has 35 heavy (non-hydrogen) atoms. The van der Waals surface area contributed by atoms with E-state index >= 15 is 0 Å². The molecule has 0 bridgehead atoms. The van der Waals surface area contributed by atoms with E-state index in [1.807, 2.05) is 6.92 Å². The highest BCUT2D eigenvalue weighted by atomic mass is 16.5. The molecule has 2 atom stereocenters. The third kappa shape index (κ3) is 7.00. The average Bonchev–Trinajstić information content (AvgIpc) is 3.17. The predicted molar refractivity (Wildman–Crippen MR) is 128 cm³/mol. The van der Waals surface area contributed by atoms with Crippen LogP contribution in [0.4, 0.5) is 0 Å². The summed E-state index contributed by atoms with van der Waals surface area (Å²) in [5.41, 5.74) is 2.24. The summed E-state index contributed by atoms with van der Waals surface area (Å²) in [5.74, 6) is -0.258. The quantitative estimate of drug-likeness (QED) is 0.212. The second kappa shape index (κ2) is 11.8. The van der Waals surface area contributed by atoms with Crippen molar-refractivity contribution in [1.82, 2.24) is 25.3 Å². The van der Waals surface area contributed by atoms with E-state index in [1.54, 1.807) is 19.2 Å². The van der Waals surface area contributed by atoms with Crippen LogP contribution in [-0.2, 0) is 23.1 Å². The minimum atomic E-state index is -0.778. The first kappa shape index (κ1) is 26.1. The SMILES string of the molecule is Cc1nc(-c2nnn(C)c2CC(=O)N/C(CCC(C)C)=N/O)ccc1OC1CCCC(C(=O)O)C1. The molecule has 1 aliphatic rings. The Morgan fingerprint density at radius 3 is 2.74 bits per heavy atom. The lowest BCUT2D eigenvalue weighted by Crippen LogP contribution is -2.32. The number of aromatic nitrogens is 4. The van der Waals surface area contributed by atoms with Gasteiger partial charge in [-0.25, -0.2) is 4.98 Å². The standard InChI is InChI=1S/C24H34N6O5/c1-14(2)8-11-21(28-34)26-22(31)13-19-23(27-29-30(19)4)18-9-10-20(15(3)25-18)35-17-7-5-6-16(12-17)24(32)33/h9-10,14,16-17,34H,5-8,11-13H2,1-4H3,(H,32,33)(H,26,28,31). The molecule has 2 aromatic heterocycles. The largest absolute Gasteiger partial charge is 0.489 e. The smallest absolute Gasteiger partial charge is 0.306 e. The molecule has 1 aliphatic carbocycles. The first-order chi connectivity index (χ1) is 16.7. The van der Waals surface area contributed by atoms with Gasteiger partial charge in [0.05, 0.1) is 35.5 Å². The van der Waals surface area contributed by atoms with Gasteiger partial charge < -0.3 is 20.4 Å². The van der Waals surface area contributed by atoms with Crippen molar-refractivity contribution in [3.63, 3.8) is 0 Å². The molecule has 190 valence electrons. The fourth-order valence-electron chi connectivity index (χ4n) is 4.15. The lowest BCUT2D eigenvalue weighted by atomic mass is 9.87. The van der Waals surface area contributed by atoms with Crippen molar-refractivity contribution < 1.29 is 24.6 Å². The summed E-state index contributed by atoms with van der Waals surface area (Å²) in [7, 11) is 1.70. The van der Waals surface area contributed by atoms with Crippen LogP contribution in [0.2, 0.25) is 0 Å². The topological polar surface area (TPSA) is 152 Å². The number of nitrogens with one attached hydrogen (secondary N) is 1. The molecule has 0 aromatic carbocycles. The maximum absolute atomic E-state index is 12.6. The Morgan fingerprint density at radius 1 is 1.31 bits per heavy atom. The van der Waals surface area contributed by atoms with Gasteiger partial charge in [0.1, 0.15) is 17.3 Å². The van der Waals surface area contributed by atoms with Crippen LogP contribution in [-0.4, -0.2) is 54.1 Å². The van der Waals surface area contributed by atoms with Crippen molar-refractivity contribution in [1.29, 1.82) is 0 Å². The number of aliphatic carboxylic acids is 1.